The lowest BCUT2D eigenvalue weighted by atomic mass is 10.1. The summed E-state index contributed by atoms with van der Waals surface area (Å²) in [5, 5.41) is 12.8. The first-order chi connectivity index (χ1) is 9.84. The van der Waals surface area contributed by atoms with E-state index in [2.05, 4.69) is 64.2 Å². The van der Waals surface area contributed by atoms with Crippen LogP contribution in [0, 0.1) is 6.92 Å². The molecular formula is C16H17N3S. The highest BCUT2D eigenvalue weighted by molar-refractivity contribution is 7.13. The normalized spacial score (nSPS) is 10.8. The van der Waals surface area contributed by atoms with E-state index in [0.717, 1.165) is 18.8 Å². The van der Waals surface area contributed by atoms with Crippen molar-refractivity contribution in [2.24, 2.45) is 0 Å². The van der Waals surface area contributed by atoms with Gasteiger partial charge >= 0.3 is 0 Å². The SMILES string of the molecule is Cc1ccccc1CNCc1cn[nH]c1-c1cccs1. The topological polar surface area (TPSA) is 40.7 Å². The van der Waals surface area contributed by atoms with Crippen molar-refractivity contribution in [3.8, 4) is 10.6 Å². The maximum atomic E-state index is 4.16. The van der Waals surface area contributed by atoms with Crippen LogP contribution in [0.2, 0.25) is 0 Å². The lowest BCUT2D eigenvalue weighted by molar-refractivity contribution is 0.692. The summed E-state index contributed by atoms with van der Waals surface area (Å²) in [6, 6.07) is 12.6. The third kappa shape index (κ3) is 2.81. The molecule has 4 heteroatoms. The summed E-state index contributed by atoms with van der Waals surface area (Å²) in [5.41, 5.74) is 5.00. The van der Waals surface area contributed by atoms with Gasteiger partial charge < -0.3 is 5.32 Å². The molecule has 0 aliphatic heterocycles. The molecule has 0 spiro atoms. The van der Waals surface area contributed by atoms with E-state index in [1.807, 2.05) is 6.20 Å². The minimum Gasteiger partial charge on any atom is -0.308 e. The van der Waals surface area contributed by atoms with Crippen LogP contribution in [0.25, 0.3) is 10.6 Å². The molecule has 3 rings (SSSR count). The summed E-state index contributed by atoms with van der Waals surface area (Å²) in [4.78, 5) is 1.23. The molecule has 1 aromatic carbocycles. The van der Waals surface area contributed by atoms with E-state index >= 15 is 0 Å². The zero-order valence-corrected chi connectivity index (χ0v) is 12.2. The van der Waals surface area contributed by atoms with Crippen molar-refractivity contribution in [2.75, 3.05) is 0 Å². The first-order valence-corrected chi connectivity index (χ1v) is 7.54. The molecule has 3 nitrogen and oxygen atoms in total. The van der Waals surface area contributed by atoms with Gasteiger partial charge in [-0.3, -0.25) is 5.10 Å². The average Bonchev–Trinajstić information content (AvgIpc) is 3.11. The summed E-state index contributed by atoms with van der Waals surface area (Å²) < 4.78 is 0. The predicted molar refractivity (Wildman–Crippen MR) is 83.6 cm³/mol. The minimum absolute atomic E-state index is 0.818. The predicted octanol–water partition coefficient (Wildman–Crippen LogP) is 3.74. The summed E-state index contributed by atoms with van der Waals surface area (Å²) >= 11 is 1.73. The second kappa shape index (κ2) is 6.03. The second-order valence-electron chi connectivity index (χ2n) is 4.78. The molecule has 0 amide bonds. The number of rotatable bonds is 5. The molecule has 102 valence electrons. The van der Waals surface area contributed by atoms with Gasteiger partial charge in [0.2, 0.25) is 0 Å². The molecule has 0 bridgehead atoms. The van der Waals surface area contributed by atoms with Crippen LogP contribution in [0.5, 0.6) is 0 Å². The van der Waals surface area contributed by atoms with Crippen LogP contribution in [-0.2, 0) is 13.1 Å². The van der Waals surface area contributed by atoms with Crippen LogP contribution in [0.1, 0.15) is 16.7 Å². The van der Waals surface area contributed by atoms with E-state index in [-0.39, 0.29) is 0 Å². The van der Waals surface area contributed by atoms with Crippen molar-refractivity contribution in [1.29, 1.82) is 0 Å². The van der Waals surface area contributed by atoms with Crippen molar-refractivity contribution in [1.82, 2.24) is 15.5 Å². The summed E-state index contributed by atoms with van der Waals surface area (Å²) in [5.74, 6) is 0. The van der Waals surface area contributed by atoms with Gasteiger partial charge in [0.15, 0.2) is 0 Å². The zero-order valence-electron chi connectivity index (χ0n) is 11.4. The monoisotopic (exact) mass is 283 g/mol. The van der Waals surface area contributed by atoms with Crippen molar-refractivity contribution < 1.29 is 0 Å². The Morgan fingerprint density at radius 1 is 1.10 bits per heavy atom. The molecule has 2 N–H and O–H groups in total. The number of H-pyrrole nitrogens is 1. The van der Waals surface area contributed by atoms with E-state index in [1.54, 1.807) is 11.3 Å². The zero-order chi connectivity index (χ0) is 13.8. The highest BCUT2D eigenvalue weighted by Gasteiger charge is 2.08. The number of aromatic nitrogens is 2. The Morgan fingerprint density at radius 2 is 1.95 bits per heavy atom. The van der Waals surface area contributed by atoms with E-state index in [0.29, 0.717) is 0 Å². The number of hydrogen-bond donors (Lipinski definition) is 2. The number of aryl methyl sites for hydroxylation is 1. The van der Waals surface area contributed by atoms with E-state index in [1.165, 1.54) is 21.6 Å². The Kier molecular flexibility index (Phi) is 3.95. The fraction of sp³-hybridized carbons (Fsp3) is 0.188. The van der Waals surface area contributed by atoms with Gasteiger partial charge in [0.05, 0.1) is 16.8 Å². The number of aromatic amines is 1. The van der Waals surface area contributed by atoms with Crippen LogP contribution >= 0.6 is 11.3 Å². The summed E-state index contributed by atoms with van der Waals surface area (Å²) in [6.45, 7) is 3.84. The fourth-order valence-electron chi connectivity index (χ4n) is 2.22. The summed E-state index contributed by atoms with van der Waals surface area (Å²) in [7, 11) is 0. The fourth-order valence-corrected chi connectivity index (χ4v) is 2.98. The Balaban J connectivity index is 1.65. The van der Waals surface area contributed by atoms with Gasteiger partial charge in [-0.15, -0.1) is 11.3 Å². The van der Waals surface area contributed by atoms with Crippen LogP contribution in [0.4, 0.5) is 0 Å². The number of nitrogens with one attached hydrogen (secondary N) is 2. The Bertz CT molecular complexity index is 671. The molecule has 0 atom stereocenters. The quantitative estimate of drug-likeness (QED) is 0.749. The first-order valence-electron chi connectivity index (χ1n) is 6.66. The first kappa shape index (κ1) is 13.1. The van der Waals surface area contributed by atoms with E-state index in [9.17, 15) is 0 Å². The molecule has 0 aliphatic carbocycles. The van der Waals surface area contributed by atoms with E-state index < -0.39 is 0 Å². The molecule has 0 radical (unpaired) electrons. The van der Waals surface area contributed by atoms with Crippen molar-refractivity contribution >= 4 is 11.3 Å². The molecule has 0 saturated carbocycles. The van der Waals surface area contributed by atoms with Gasteiger partial charge in [-0.05, 0) is 29.5 Å². The van der Waals surface area contributed by atoms with Crippen molar-refractivity contribution in [3.63, 3.8) is 0 Å². The Morgan fingerprint density at radius 3 is 2.75 bits per heavy atom. The maximum absolute atomic E-state index is 4.16. The van der Waals surface area contributed by atoms with E-state index in [4.69, 9.17) is 0 Å². The summed E-state index contributed by atoms with van der Waals surface area (Å²) in [6.07, 6.45) is 1.90. The van der Waals surface area contributed by atoms with Crippen molar-refractivity contribution in [3.05, 3.63) is 64.7 Å². The van der Waals surface area contributed by atoms with Crippen LogP contribution < -0.4 is 5.32 Å². The Labute approximate surface area is 122 Å². The molecule has 2 aromatic heterocycles. The second-order valence-corrected chi connectivity index (χ2v) is 5.73. The maximum Gasteiger partial charge on any atom is 0.0794 e. The van der Waals surface area contributed by atoms with Crippen molar-refractivity contribution in [2.45, 2.75) is 20.0 Å². The molecule has 0 aliphatic rings. The van der Waals surface area contributed by atoms with Crippen LogP contribution in [0.15, 0.2) is 48.0 Å². The standard InChI is InChI=1S/C16H17N3S/c1-12-5-2-3-6-13(12)9-17-10-14-11-18-19-16(14)15-7-4-8-20-15/h2-8,11,17H,9-10H2,1H3,(H,18,19). The van der Waals surface area contributed by atoms with Gasteiger partial charge in [-0.25, -0.2) is 0 Å². The van der Waals surface area contributed by atoms with Gasteiger partial charge in [0, 0.05) is 18.7 Å². The molecule has 3 aromatic rings. The smallest absolute Gasteiger partial charge is 0.0794 e. The lowest BCUT2D eigenvalue weighted by Crippen LogP contribution is -2.13. The number of thiophene rings is 1. The van der Waals surface area contributed by atoms with Crippen LogP contribution in [0.3, 0.4) is 0 Å². The van der Waals surface area contributed by atoms with Gasteiger partial charge in [-0.1, -0.05) is 30.3 Å². The number of nitrogens with zero attached hydrogens (tertiary/aromatic N) is 1. The third-order valence-corrected chi connectivity index (χ3v) is 4.26. The number of hydrogen-bond acceptors (Lipinski definition) is 3. The highest BCUT2D eigenvalue weighted by atomic mass is 32.1. The average molecular weight is 283 g/mol. The Hall–Kier alpha value is -1.91. The molecular weight excluding hydrogens is 266 g/mol. The molecule has 0 unspecified atom stereocenters. The van der Waals surface area contributed by atoms with Crippen LogP contribution in [-0.4, -0.2) is 10.2 Å². The molecule has 0 fully saturated rings. The van der Waals surface area contributed by atoms with Gasteiger partial charge in [0.25, 0.3) is 0 Å². The molecule has 20 heavy (non-hydrogen) atoms. The molecule has 2 heterocycles. The highest BCUT2D eigenvalue weighted by Crippen LogP contribution is 2.25. The third-order valence-electron chi connectivity index (χ3n) is 3.38. The van der Waals surface area contributed by atoms with Gasteiger partial charge in [-0.2, -0.15) is 5.10 Å². The molecule has 0 saturated heterocycles. The number of benzene rings is 1. The van der Waals surface area contributed by atoms with Gasteiger partial charge in [0.1, 0.15) is 0 Å². The minimum atomic E-state index is 0.818. The largest absolute Gasteiger partial charge is 0.308 e. The lowest BCUT2D eigenvalue weighted by Gasteiger charge is -2.07.